The van der Waals surface area contributed by atoms with Crippen LogP contribution in [0.2, 0.25) is 0 Å². The van der Waals surface area contributed by atoms with E-state index in [0.717, 1.165) is 31.8 Å². The van der Waals surface area contributed by atoms with Crippen molar-refractivity contribution in [3.05, 3.63) is 47.5 Å². The smallest absolute Gasteiger partial charge is 0.352 e. The normalized spacial score (nSPS) is 17.5. The summed E-state index contributed by atoms with van der Waals surface area (Å²) < 4.78 is 54.9. The number of aromatic nitrogens is 2. The van der Waals surface area contributed by atoms with Crippen LogP contribution in [0.4, 0.5) is 17.6 Å². The molecule has 1 amide bonds. The quantitative estimate of drug-likeness (QED) is 0.796. The lowest BCUT2D eigenvalue weighted by atomic mass is 10.1. The van der Waals surface area contributed by atoms with E-state index in [2.05, 4.69) is 15.7 Å². The Balaban J connectivity index is 1.83. The third kappa shape index (κ3) is 3.87. The minimum absolute atomic E-state index is 0.271. The van der Waals surface area contributed by atoms with Crippen molar-refractivity contribution >= 4 is 5.91 Å². The van der Waals surface area contributed by atoms with Gasteiger partial charge in [-0.15, -0.1) is 0 Å². The Kier molecular flexibility index (Phi) is 5.26. The molecule has 0 spiro atoms. The van der Waals surface area contributed by atoms with Gasteiger partial charge >= 0.3 is 6.18 Å². The van der Waals surface area contributed by atoms with Gasteiger partial charge in [0.1, 0.15) is 11.5 Å². The summed E-state index contributed by atoms with van der Waals surface area (Å²) in [4.78, 5) is 12.2. The highest BCUT2D eigenvalue weighted by atomic mass is 19.4. The minimum atomic E-state index is -4.86. The zero-order chi connectivity index (χ0) is 18.7. The van der Waals surface area contributed by atoms with Crippen molar-refractivity contribution in [3.63, 3.8) is 0 Å². The Labute approximate surface area is 147 Å². The molecule has 1 aliphatic rings. The van der Waals surface area contributed by atoms with Crippen molar-refractivity contribution < 1.29 is 22.4 Å². The van der Waals surface area contributed by atoms with E-state index < -0.39 is 29.2 Å². The second-order valence-corrected chi connectivity index (χ2v) is 6.17. The number of hydrogen-bond donors (Lipinski definition) is 2. The Morgan fingerprint density at radius 1 is 1.35 bits per heavy atom. The summed E-state index contributed by atoms with van der Waals surface area (Å²) in [6, 6.07) is 4.97. The lowest BCUT2D eigenvalue weighted by Gasteiger charge is -2.14. The number of halogens is 4. The van der Waals surface area contributed by atoms with Crippen molar-refractivity contribution in [2.24, 2.45) is 5.92 Å². The zero-order valence-electron chi connectivity index (χ0n) is 13.8. The molecule has 9 heteroatoms. The Morgan fingerprint density at radius 2 is 2.12 bits per heavy atom. The highest BCUT2D eigenvalue weighted by molar-refractivity contribution is 5.95. The summed E-state index contributed by atoms with van der Waals surface area (Å²) in [5, 5.41) is 9.30. The van der Waals surface area contributed by atoms with E-state index in [0.29, 0.717) is 17.0 Å². The second kappa shape index (κ2) is 7.45. The number of carbonyl (C=O) groups is 1. The summed E-state index contributed by atoms with van der Waals surface area (Å²) in [6.45, 7) is 2.02. The first-order valence-corrected chi connectivity index (χ1v) is 8.27. The molecule has 2 N–H and O–H groups in total. The molecule has 3 rings (SSSR count). The first kappa shape index (κ1) is 18.4. The fourth-order valence-corrected chi connectivity index (χ4v) is 3.04. The minimum Gasteiger partial charge on any atom is -0.352 e. The molecular weight excluding hydrogens is 352 g/mol. The van der Waals surface area contributed by atoms with Crippen LogP contribution < -0.4 is 10.6 Å². The van der Waals surface area contributed by atoms with E-state index >= 15 is 0 Å². The van der Waals surface area contributed by atoms with E-state index in [1.165, 1.54) is 18.2 Å². The predicted octanol–water partition coefficient (Wildman–Crippen LogP) is 2.76. The maximum atomic E-state index is 13.9. The zero-order valence-corrected chi connectivity index (χ0v) is 13.8. The molecule has 1 atom stereocenters. The van der Waals surface area contributed by atoms with Crippen LogP contribution in [0.1, 0.15) is 28.9 Å². The average molecular weight is 370 g/mol. The van der Waals surface area contributed by atoms with Crippen molar-refractivity contribution in [2.75, 3.05) is 19.6 Å². The van der Waals surface area contributed by atoms with Crippen LogP contribution >= 0.6 is 0 Å². The molecule has 1 saturated heterocycles. The highest BCUT2D eigenvalue weighted by Crippen LogP contribution is 2.34. The van der Waals surface area contributed by atoms with Gasteiger partial charge in [0.05, 0.1) is 11.8 Å². The number of benzene rings is 1. The molecule has 5 nitrogen and oxygen atoms in total. The molecule has 26 heavy (non-hydrogen) atoms. The third-order valence-electron chi connectivity index (χ3n) is 4.36. The number of hydrogen-bond acceptors (Lipinski definition) is 3. The first-order valence-electron chi connectivity index (χ1n) is 8.27. The van der Waals surface area contributed by atoms with Crippen LogP contribution in [-0.4, -0.2) is 35.3 Å². The van der Waals surface area contributed by atoms with E-state index in [-0.39, 0.29) is 12.2 Å². The fourth-order valence-electron chi connectivity index (χ4n) is 3.04. The van der Waals surface area contributed by atoms with E-state index in [4.69, 9.17) is 0 Å². The molecule has 0 saturated carbocycles. The van der Waals surface area contributed by atoms with E-state index in [1.54, 1.807) is 0 Å². The predicted molar refractivity (Wildman–Crippen MR) is 86.5 cm³/mol. The van der Waals surface area contributed by atoms with Gasteiger partial charge in [0.15, 0.2) is 5.69 Å². The monoisotopic (exact) mass is 370 g/mol. The molecule has 1 aromatic carbocycles. The summed E-state index contributed by atoms with van der Waals surface area (Å²) in [7, 11) is 0. The SMILES string of the molecule is O=C(NCCC1CCNC1)c1cnn(-c2ccccc2F)c1C(F)(F)F. The first-order chi connectivity index (χ1) is 12.4. The maximum absolute atomic E-state index is 13.9. The van der Waals surface area contributed by atoms with Crippen molar-refractivity contribution in [2.45, 2.75) is 19.0 Å². The van der Waals surface area contributed by atoms with Gasteiger partial charge in [-0.05, 0) is 44.0 Å². The second-order valence-electron chi connectivity index (χ2n) is 6.17. The number of alkyl halides is 3. The lowest BCUT2D eigenvalue weighted by Crippen LogP contribution is -2.28. The number of rotatable bonds is 5. The van der Waals surface area contributed by atoms with Gasteiger partial charge < -0.3 is 10.6 Å². The van der Waals surface area contributed by atoms with Crippen LogP contribution in [0.15, 0.2) is 30.5 Å². The van der Waals surface area contributed by atoms with Crippen LogP contribution in [0, 0.1) is 11.7 Å². The molecule has 0 radical (unpaired) electrons. The molecule has 2 heterocycles. The summed E-state index contributed by atoms with van der Waals surface area (Å²) in [5.41, 5.74) is -2.27. The maximum Gasteiger partial charge on any atom is 0.434 e. The summed E-state index contributed by atoms with van der Waals surface area (Å²) in [6.07, 6.45) is -2.38. The Morgan fingerprint density at radius 3 is 2.77 bits per heavy atom. The molecule has 1 aliphatic heterocycles. The summed E-state index contributed by atoms with van der Waals surface area (Å²) in [5.74, 6) is -1.33. The van der Waals surface area contributed by atoms with Gasteiger partial charge in [-0.25, -0.2) is 9.07 Å². The van der Waals surface area contributed by atoms with Gasteiger partial charge in [-0.1, -0.05) is 12.1 Å². The van der Waals surface area contributed by atoms with Gasteiger partial charge in [-0.3, -0.25) is 4.79 Å². The van der Waals surface area contributed by atoms with Crippen LogP contribution in [0.25, 0.3) is 5.69 Å². The third-order valence-corrected chi connectivity index (χ3v) is 4.36. The van der Waals surface area contributed by atoms with Gasteiger partial charge in [0.25, 0.3) is 5.91 Å². The number of nitrogens with one attached hydrogen (secondary N) is 2. The standard InChI is InChI=1S/C17H18F4N4O/c18-13-3-1-2-4-14(13)25-15(17(19,20)21)12(10-24-25)16(26)23-8-6-11-5-7-22-9-11/h1-4,10-11,22H,5-9H2,(H,23,26). The average Bonchev–Trinajstić information content (AvgIpc) is 3.24. The van der Waals surface area contributed by atoms with Crippen LogP contribution in [-0.2, 0) is 6.18 Å². The van der Waals surface area contributed by atoms with E-state index in [1.807, 2.05) is 0 Å². The lowest BCUT2D eigenvalue weighted by molar-refractivity contribution is -0.143. The number of amides is 1. The van der Waals surface area contributed by atoms with Gasteiger partial charge in [0.2, 0.25) is 0 Å². The number of carbonyl (C=O) groups excluding carboxylic acids is 1. The van der Waals surface area contributed by atoms with Crippen LogP contribution in [0.5, 0.6) is 0 Å². The molecule has 0 aliphatic carbocycles. The van der Waals surface area contributed by atoms with Crippen LogP contribution in [0.3, 0.4) is 0 Å². The number of nitrogens with zero attached hydrogens (tertiary/aromatic N) is 2. The van der Waals surface area contributed by atoms with Crippen molar-refractivity contribution in [3.8, 4) is 5.69 Å². The molecular formula is C17H18F4N4O. The summed E-state index contributed by atoms with van der Waals surface area (Å²) >= 11 is 0. The van der Waals surface area contributed by atoms with Crippen molar-refractivity contribution in [1.29, 1.82) is 0 Å². The molecule has 2 aromatic rings. The highest BCUT2D eigenvalue weighted by Gasteiger charge is 2.41. The van der Waals surface area contributed by atoms with Crippen molar-refractivity contribution in [1.82, 2.24) is 20.4 Å². The molecule has 1 unspecified atom stereocenters. The Bertz CT molecular complexity index is 781. The number of para-hydroxylation sites is 1. The fraction of sp³-hybridized carbons (Fsp3) is 0.412. The Hall–Kier alpha value is -2.42. The van der Waals surface area contributed by atoms with Gasteiger partial charge in [-0.2, -0.15) is 18.3 Å². The molecule has 0 bridgehead atoms. The molecule has 1 aromatic heterocycles. The molecule has 140 valence electrons. The van der Waals surface area contributed by atoms with Gasteiger partial charge in [0, 0.05) is 6.54 Å². The largest absolute Gasteiger partial charge is 0.434 e. The topological polar surface area (TPSA) is 59.0 Å². The van der Waals surface area contributed by atoms with E-state index in [9.17, 15) is 22.4 Å². The molecule has 1 fully saturated rings.